The summed E-state index contributed by atoms with van der Waals surface area (Å²) < 4.78 is 14.7. The van der Waals surface area contributed by atoms with E-state index < -0.39 is 23.6 Å². The molecule has 2 aromatic heterocycles. The maximum Gasteiger partial charge on any atom is 0.331 e. The lowest BCUT2D eigenvalue weighted by Crippen LogP contribution is -2.42. The van der Waals surface area contributed by atoms with Crippen LogP contribution in [0.1, 0.15) is 34.2 Å². The van der Waals surface area contributed by atoms with Gasteiger partial charge in [-0.1, -0.05) is 0 Å². The maximum absolute atomic E-state index is 13.1. The number of ketones is 1. The number of rotatable bonds is 5. The highest BCUT2D eigenvalue weighted by molar-refractivity contribution is 5.97. The lowest BCUT2D eigenvalue weighted by Gasteiger charge is -2.11. The normalized spacial score (nSPS) is 12.1. The Bertz CT molecular complexity index is 1370. The molecule has 0 radical (unpaired) electrons. The van der Waals surface area contributed by atoms with Gasteiger partial charge in [-0.2, -0.15) is 5.26 Å². The topological polar surface area (TPSA) is 108 Å². The van der Waals surface area contributed by atoms with Gasteiger partial charge in [-0.15, -0.1) is 0 Å². The number of nitriles is 1. The summed E-state index contributed by atoms with van der Waals surface area (Å²) in [7, 11) is 0. The fraction of sp³-hybridized carbons (Fsp3) is 0.273. The first-order chi connectivity index (χ1) is 14.8. The summed E-state index contributed by atoms with van der Waals surface area (Å²) in [6, 6.07) is 9.01. The van der Waals surface area contributed by atoms with E-state index in [1.165, 1.54) is 10.8 Å². The lowest BCUT2D eigenvalue weighted by molar-refractivity contribution is 0.0968. The number of carbonyl (C=O) groups is 1. The Morgan fingerprint density at radius 3 is 2.61 bits per heavy atom. The number of aryl methyl sites for hydroxylation is 2. The van der Waals surface area contributed by atoms with Crippen LogP contribution in [0.5, 0.6) is 11.5 Å². The molecular weight excluding hydrogens is 400 g/mol. The third-order valence-electron chi connectivity index (χ3n) is 5.35. The molecule has 0 saturated heterocycles. The molecule has 3 aromatic rings. The molecule has 0 fully saturated rings. The average Bonchev–Trinajstić information content (AvgIpc) is 3.34. The number of benzene rings is 1. The van der Waals surface area contributed by atoms with E-state index in [2.05, 4.69) is 0 Å². The first-order valence-electron chi connectivity index (χ1n) is 9.72. The van der Waals surface area contributed by atoms with Crippen LogP contribution in [0.15, 0.2) is 40.1 Å². The molecule has 0 bridgehead atoms. The van der Waals surface area contributed by atoms with Gasteiger partial charge < -0.3 is 14.0 Å². The zero-order chi connectivity index (χ0) is 22.3. The molecule has 0 N–H and O–H groups in total. The van der Waals surface area contributed by atoms with Crippen molar-refractivity contribution in [2.24, 2.45) is 0 Å². The second-order valence-electron chi connectivity index (χ2n) is 7.20. The van der Waals surface area contributed by atoms with Crippen molar-refractivity contribution in [1.29, 1.82) is 5.26 Å². The highest BCUT2D eigenvalue weighted by Gasteiger charge is 2.21. The number of hydrogen-bond acceptors (Lipinski definition) is 6. The monoisotopic (exact) mass is 420 g/mol. The highest BCUT2D eigenvalue weighted by Crippen LogP contribution is 2.34. The summed E-state index contributed by atoms with van der Waals surface area (Å²) in [5, 5.41) is 9.20. The molecule has 1 aliphatic heterocycles. The molecule has 4 rings (SSSR count). The molecule has 0 unspecified atom stereocenters. The van der Waals surface area contributed by atoms with Gasteiger partial charge >= 0.3 is 5.69 Å². The third kappa shape index (κ3) is 3.32. The molecule has 1 aromatic carbocycles. The van der Waals surface area contributed by atoms with Gasteiger partial charge in [-0.25, -0.2) is 4.79 Å². The average molecular weight is 420 g/mol. The zero-order valence-corrected chi connectivity index (χ0v) is 17.3. The summed E-state index contributed by atoms with van der Waals surface area (Å²) in [5.74, 6) is 0.890. The molecule has 31 heavy (non-hydrogen) atoms. The Balaban J connectivity index is 1.74. The Morgan fingerprint density at radius 1 is 1.16 bits per heavy atom. The number of hydrogen-bond donors (Lipinski definition) is 0. The largest absolute Gasteiger partial charge is 0.454 e. The zero-order valence-electron chi connectivity index (χ0n) is 17.3. The quantitative estimate of drug-likeness (QED) is 0.584. The number of ether oxygens (including phenoxy) is 2. The SMILES string of the molecule is CCn1cc(C#N)c(=O)n(CC(=O)c2cc(C)n(-c3ccc4c(c3)OCO4)c2C)c1=O. The van der Waals surface area contributed by atoms with Gasteiger partial charge in [0, 0.05) is 41.4 Å². The Morgan fingerprint density at radius 2 is 1.90 bits per heavy atom. The van der Waals surface area contributed by atoms with Crippen LogP contribution < -0.4 is 20.7 Å². The van der Waals surface area contributed by atoms with Crippen molar-refractivity contribution < 1.29 is 14.3 Å². The van der Waals surface area contributed by atoms with E-state index in [1.54, 1.807) is 32.0 Å². The molecular formula is C22H20N4O5. The molecule has 158 valence electrons. The van der Waals surface area contributed by atoms with Crippen LogP contribution in [0.4, 0.5) is 0 Å². The number of Topliss-reactive ketones (excluding diaryl/α,β-unsaturated/α-hetero) is 1. The first kappa shape index (κ1) is 20.2. The second-order valence-corrected chi connectivity index (χ2v) is 7.20. The summed E-state index contributed by atoms with van der Waals surface area (Å²) in [4.78, 5) is 38.1. The Labute approximate surface area is 177 Å². The summed E-state index contributed by atoms with van der Waals surface area (Å²) >= 11 is 0. The van der Waals surface area contributed by atoms with Crippen LogP contribution in [-0.4, -0.2) is 26.3 Å². The molecule has 9 heteroatoms. The number of fused-ring (bicyclic) bond motifs is 1. The fourth-order valence-corrected chi connectivity index (χ4v) is 3.79. The van der Waals surface area contributed by atoms with Gasteiger partial charge in [0.2, 0.25) is 6.79 Å². The van der Waals surface area contributed by atoms with Crippen LogP contribution in [0, 0.1) is 25.2 Å². The number of aromatic nitrogens is 3. The van der Waals surface area contributed by atoms with E-state index in [0.29, 0.717) is 22.8 Å². The van der Waals surface area contributed by atoms with Gasteiger partial charge in [-0.05, 0) is 39.0 Å². The second kappa shape index (κ2) is 7.65. The van der Waals surface area contributed by atoms with Crippen molar-refractivity contribution in [3.63, 3.8) is 0 Å². The van der Waals surface area contributed by atoms with Crippen LogP contribution >= 0.6 is 0 Å². The van der Waals surface area contributed by atoms with Crippen molar-refractivity contribution in [1.82, 2.24) is 13.7 Å². The van der Waals surface area contributed by atoms with Crippen LogP contribution in [0.3, 0.4) is 0 Å². The van der Waals surface area contributed by atoms with Crippen molar-refractivity contribution >= 4 is 5.78 Å². The summed E-state index contributed by atoms with van der Waals surface area (Å²) in [6.45, 7) is 5.37. The lowest BCUT2D eigenvalue weighted by atomic mass is 10.1. The predicted octanol–water partition coefficient (Wildman–Crippen LogP) is 1.92. The minimum atomic E-state index is -0.768. The molecule has 0 saturated carbocycles. The van der Waals surface area contributed by atoms with Crippen molar-refractivity contribution in [2.45, 2.75) is 33.9 Å². The van der Waals surface area contributed by atoms with Crippen LogP contribution in [-0.2, 0) is 13.1 Å². The van der Waals surface area contributed by atoms with Gasteiger partial charge in [0.1, 0.15) is 11.6 Å². The molecule has 0 amide bonds. The van der Waals surface area contributed by atoms with Gasteiger partial charge in [0.15, 0.2) is 17.3 Å². The van der Waals surface area contributed by atoms with E-state index in [0.717, 1.165) is 15.9 Å². The van der Waals surface area contributed by atoms with Crippen molar-refractivity contribution in [3.05, 3.63) is 73.8 Å². The standard InChI is InChI=1S/C22H20N4O5/c1-4-24-10-15(9-23)21(28)25(22(24)29)11-18(27)17-7-13(2)26(14(17)3)16-5-6-19-20(8-16)31-12-30-19/h5-8,10H,4,11-12H2,1-3H3. The molecule has 0 aliphatic carbocycles. The minimum Gasteiger partial charge on any atom is -0.454 e. The van der Waals surface area contributed by atoms with E-state index in [-0.39, 0.29) is 18.9 Å². The van der Waals surface area contributed by atoms with Crippen LogP contribution in [0.2, 0.25) is 0 Å². The maximum atomic E-state index is 13.1. The molecule has 1 aliphatic rings. The predicted molar refractivity (Wildman–Crippen MR) is 111 cm³/mol. The Hall–Kier alpha value is -4.06. The molecule has 0 atom stereocenters. The minimum absolute atomic E-state index is 0.165. The first-order valence-corrected chi connectivity index (χ1v) is 9.72. The smallest absolute Gasteiger partial charge is 0.331 e. The fourth-order valence-electron chi connectivity index (χ4n) is 3.79. The highest BCUT2D eigenvalue weighted by atomic mass is 16.7. The van der Waals surface area contributed by atoms with Crippen LogP contribution in [0.25, 0.3) is 5.69 Å². The summed E-state index contributed by atoms with van der Waals surface area (Å²) in [5.41, 5.74) is 1.10. The molecule has 0 spiro atoms. The van der Waals surface area contributed by atoms with Gasteiger partial charge in [0.25, 0.3) is 5.56 Å². The van der Waals surface area contributed by atoms with E-state index >= 15 is 0 Å². The molecule has 9 nitrogen and oxygen atoms in total. The number of nitrogens with zero attached hydrogens (tertiary/aromatic N) is 4. The van der Waals surface area contributed by atoms with E-state index in [4.69, 9.17) is 9.47 Å². The molecule has 3 heterocycles. The third-order valence-corrected chi connectivity index (χ3v) is 5.35. The van der Waals surface area contributed by atoms with Gasteiger partial charge in [-0.3, -0.25) is 18.7 Å². The van der Waals surface area contributed by atoms with Crippen molar-refractivity contribution in [2.75, 3.05) is 6.79 Å². The van der Waals surface area contributed by atoms with Crippen molar-refractivity contribution in [3.8, 4) is 23.3 Å². The van der Waals surface area contributed by atoms with Gasteiger partial charge in [0.05, 0.1) is 6.54 Å². The number of carbonyl (C=O) groups excluding carboxylic acids is 1. The van der Waals surface area contributed by atoms with E-state index in [9.17, 15) is 19.6 Å². The Kier molecular flexibility index (Phi) is 4.99. The summed E-state index contributed by atoms with van der Waals surface area (Å²) in [6.07, 6.45) is 1.22. The van der Waals surface area contributed by atoms with E-state index in [1.807, 2.05) is 23.6 Å².